The van der Waals surface area contributed by atoms with Crippen LogP contribution < -0.4 is 5.32 Å². The Balaban J connectivity index is 1.19. The van der Waals surface area contributed by atoms with Gasteiger partial charge in [0.05, 0.1) is 6.42 Å². The zero-order chi connectivity index (χ0) is 21.2. The number of nitrogens with one attached hydrogen (secondary N) is 1. The maximum Gasteiger partial charge on any atom is 0.230 e. The van der Waals surface area contributed by atoms with E-state index in [9.17, 15) is 4.79 Å². The van der Waals surface area contributed by atoms with Crippen LogP contribution >= 0.6 is 39.0 Å². The van der Waals surface area contributed by atoms with Crippen molar-refractivity contribution >= 4 is 50.1 Å². The van der Waals surface area contributed by atoms with E-state index >= 15 is 0 Å². The molecular weight excluding hydrogens is 492 g/mol. The van der Waals surface area contributed by atoms with Gasteiger partial charge in [0, 0.05) is 29.2 Å². The zero-order valence-corrected chi connectivity index (χ0v) is 20.1. The molecule has 1 aliphatic carbocycles. The molecule has 2 aliphatic rings. The van der Waals surface area contributed by atoms with Gasteiger partial charge >= 0.3 is 0 Å². The largest absolute Gasteiger partial charge is 0.300 e. The lowest BCUT2D eigenvalue weighted by Crippen LogP contribution is -2.40. The first-order valence-electron chi connectivity index (χ1n) is 10.4. The number of likely N-dealkylation sites (tertiary alicyclic amines) is 1. The van der Waals surface area contributed by atoms with Crippen molar-refractivity contribution in [3.63, 3.8) is 0 Å². The van der Waals surface area contributed by atoms with E-state index in [1.54, 1.807) is 11.8 Å². The zero-order valence-electron chi connectivity index (χ0n) is 16.9. The molecule has 2 aromatic carbocycles. The highest BCUT2D eigenvalue weighted by molar-refractivity contribution is 9.09. The number of rotatable bonds is 7. The van der Waals surface area contributed by atoms with E-state index in [0.29, 0.717) is 33.6 Å². The van der Waals surface area contributed by atoms with Crippen molar-refractivity contribution in [3.05, 3.63) is 71.8 Å². The first kappa shape index (κ1) is 21.1. The number of alkyl halides is 1. The molecular formula is C23H23BrN4OS2. The molecule has 2 bridgehead atoms. The number of halogens is 1. The van der Waals surface area contributed by atoms with E-state index in [0.717, 1.165) is 23.0 Å². The molecule has 0 unspecified atom stereocenters. The van der Waals surface area contributed by atoms with Crippen LogP contribution in [0.3, 0.4) is 0 Å². The van der Waals surface area contributed by atoms with Crippen molar-refractivity contribution in [1.82, 2.24) is 15.1 Å². The van der Waals surface area contributed by atoms with Gasteiger partial charge < -0.3 is 5.32 Å². The fraction of sp³-hybridized carbons (Fsp3) is 0.348. The Labute approximate surface area is 198 Å². The van der Waals surface area contributed by atoms with Gasteiger partial charge in [-0.15, -0.1) is 10.2 Å². The molecule has 0 spiro atoms. The van der Waals surface area contributed by atoms with Crippen LogP contribution in [-0.2, 0) is 17.8 Å². The van der Waals surface area contributed by atoms with E-state index < -0.39 is 0 Å². The van der Waals surface area contributed by atoms with E-state index in [2.05, 4.69) is 66.7 Å². The minimum Gasteiger partial charge on any atom is -0.300 e. The van der Waals surface area contributed by atoms with Gasteiger partial charge in [0.15, 0.2) is 4.34 Å². The smallest absolute Gasteiger partial charge is 0.230 e. The molecule has 1 saturated heterocycles. The quantitative estimate of drug-likeness (QED) is 0.360. The van der Waals surface area contributed by atoms with Crippen LogP contribution in [0.5, 0.6) is 0 Å². The maximum absolute atomic E-state index is 12.3. The van der Waals surface area contributed by atoms with Crippen molar-refractivity contribution in [2.45, 2.75) is 39.8 Å². The summed E-state index contributed by atoms with van der Waals surface area (Å²) in [5.74, 6) is 0.609. The molecule has 2 fully saturated rings. The van der Waals surface area contributed by atoms with Crippen molar-refractivity contribution in [1.29, 1.82) is 0 Å². The molecule has 3 aromatic rings. The number of hydrogen-bond acceptors (Lipinski definition) is 6. The van der Waals surface area contributed by atoms with E-state index in [-0.39, 0.29) is 5.91 Å². The Hall–Kier alpha value is -1.74. The highest BCUT2D eigenvalue weighted by atomic mass is 79.9. The lowest BCUT2D eigenvalue weighted by molar-refractivity contribution is -0.115. The monoisotopic (exact) mass is 514 g/mol. The van der Waals surface area contributed by atoms with Crippen LogP contribution in [0.4, 0.5) is 5.13 Å². The average molecular weight is 516 g/mol. The molecule has 1 amide bonds. The minimum atomic E-state index is -0.0617. The van der Waals surface area contributed by atoms with Gasteiger partial charge in [-0.2, -0.15) is 0 Å². The van der Waals surface area contributed by atoms with Gasteiger partial charge in [0.1, 0.15) is 0 Å². The molecule has 1 N–H and O–H groups in total. The SMILES string of the molecule is O=C(Cc1ccccc1)Nc1nnc(S[C@H]2C[C@H]3CN(Cc4ccccc4)[C@@H]2[C@@H]3Br)s1. The predicted molar refractivity (Wildman–Crippen MR) is 130 cm³/mol. The number of nitrogens with zero attached hydrogens (tertiary/aromatic N) is 3. The van der Waals surface area contributed by atoms with Crippen molar-refractivity contribution in [2.75, 3.05) is 11.9 Å². The number of piperidine rings is 1. The second-order valence-corrected chi connectivity index (χ2v) is 11.6. The number of fused-ring (bicyclic) bond motifs is 2. The fourth-order valence-electron chi connectivity index (χ4n) is 4.57. The summed E-state index contributed by atoms with van der Waals surface area (Å²) in [7, 11) is 0. The van der Waals surface area contributed by atoms with Crippen LogP contribution in [-0.4, -0.2) is 43.7 Å². The standard InChI is InChI=1S/C23H23BrN4OS2/c24-20-17-12-18(21(20)28(14-17)13-16-9-5-2-6-10-16)30-23-27-26-22(31-23)25-19(29)11-15-7-3-1-4-8-15/h1-10,17-18,20-21H,11-14H2,(H,25,26,29)/t17-,18-,20+,21-/m0/s1. The number of carbonyl (C=O) groups is 1. The molecule has 1 saturated carbocycles. The highest BCUT2D eigenvalue weighted by Crippen LogP contribution is 2.49. The molecule has 5 rings (SSSR count). The molecule has 8 heteroatoms. The summed E-state index contributed by atoms with van der Waals surface area (Å²) in [6.45, 7) is 2.13. The first-order chi connectivity index (χ1) is 15.2. The number of amides is 1. The molecule has 5 nitrogen and oxygen atoms in total. The highest BCUT2D eigenvalue weighted by Gasteiger charge is 2.51. The third kappa shape index (κ3) is 4.87. The number of benzene rings is 2. The van der Waals surface area contributed by atoms with Crippen LogP contribution in [0.15, 0.2) is 65.0 Å². The van der Waals surface area contributed by atoms with Crippen molar-refractivity contribution in [2.24, 2.45) is 5.92 Å². The molecule has 0 radical (unpaired) electrons. The predicted octanol–water partition coefficient (Wildman–Crippen LogP) is 4.85. The fourth-order valence-corrected chi connectivity index (χ4v) is 8.33. The molecule has 4 atom stereocenters. The summed E-state index contributed by atoms with van der Waals surface area (Å²) < 4.78 is 0.923. The normalized spacial score (nSPS) is 25.1. The van der Waals surface area contributed by atoms with E-state index in [1.165, 1.54) is 23.3 Å². The van der Waals surface area contributed by atoms with Crippen LogP contribution in [0.1, 0.15) is 17.5 Å². The number of thioether (sulfide) groups is 1. The number of carbonyl (C=O) groups excluding carboxylic acids is 1. The van der Waals surface area contributed by atoms with Gasteiger partial charge in [-0.1, -0.05) is 99.7 Å². The van der Waals surface area contributed by atoms with Gasteiger partial charge in [0.2, 0.25) is 11.0 Å². The van der Waals surface area contributed by atoms with Crippen molar-refractivity contribution < 1.29 is 4.79 Å². The second-order valence-electron chi connectivity index (χ2n) is 8.09. The second kappa shape index (κ2) is 9.40. The number of hydrogen-bond donors (Lipinski definition) is 1. The van der Waals surface area contributed by atoms with Gasteiger partial charge in [-0.3, -0.25) is 9.69 Å². The molecule has 1 aliphatic heterocycles. The summed E-state index contributed by atoms with van der Waals surface area (Å²) in [4.78, 5) is 15.4. The lowest BCUT2D eigenvalue weighted by Gasteiger charge is -2.32. The summed E-state index contributed by atoms with van der Waals surface area (Å²) in [5.41, 5.74) is 2.35. The van der Waals surface area contributed by atoms with Crippen molar-refractivity contribution in [3.8, 4) is 0 Å². The summed E-state index contributed by atoms with van der Waals surface area (Å²) >= 11 is 7.24. The summed E-state index contributed by atoms with van der Waals surface area (Å²) in [5, 5.41) is 12.5. The van der Waals surface area contributed by atoms with Gasteiger partial charge in [0.25, 0.3) is 0 Å². The topological polar surface area (TPSA) is 58.1 Å². The van der Waals surface area contributed by atoms with E-state index in [4.69, 9.17) is 0 Å². The Morgan fingerprint density at radius 2 is 1.81 bits per heavy atom. The Kier molecular flexibility index (Phi) is 6.41. The van der Waals surface area contributed by atoms with Gasteiger partial charge in [-0.05, 0) is 23.5 Å². The lowest BCUT2D eigenvalue weighted by atomic mass is 10.1. The summed E-state index contributed by atoms with van der Waals surface area (Å²) in [6.07, 6.45) is 1.53. The molecule has 1 aromatic heterocycles. The Morgan fingerprint density at radius 1 is 1.10 bits per heavy atom. The first-order valence-corrected chi connectivity index (χ1v) is 13.0. The number of aromatic nitrogens is 2. The van der Waals surface area contributed by atoms with Crippen LogP contribution in [0, 0.1) is 5.92 Å². The number of anilines is 1. The van der Waals surface area contributed by atoms with Crippen LogP contribution in [0.2, 0.25) is 0 Å². The molecule has 160 valence electrons. The van der Waals surface area contributed by atoms with E-state index in [1.807, 2.05) is 30.3 Å². The summed E-state index contributed by atoms with van der Waals surface area (Å²) in [6, 6.07) is 20.9. The average Bonchev–Trinajstić information content (AvgIpc) is 3.42. The Bertz CT molecular complexity index is 1030. The molecule has 2 heterocycles. The van der Waals surface area contributed by atoms with Crippen LogP contribution in [0.25, 0.3) is 0 Å². The molecule has 31 heavy (non-hydrogen) atoms. The minimum absolute atomic E-state index is 0.0617. The van der Waals surface area contributed by atoms with Gasteiger partial charge in [-0.25, -0.2) is 0 Å². The maximum atomic E-state index is 12.3. The Morgan fingerprint density at radius 3 is 2.52 bits per heavy atom. The third-order valence-electron chi connectivity index (χ3n) is 5.92. The third-order valence-corrected chi connectivity index (χ3v) is 9.44.